The molecule has 1 amide bonds. The molecule has 2 rings (SSSR count). The van der Waals surface area contributed by atoms with Crippen LogP contribution in [0.25, 0.3) is 0 Å². The smallest absolute Gasteiger partial charge is 0.407 e. The van der Waals surface area contributed by atoms with E-state index in [1.807, 2.05) is 13.8 Å². The minimum Gasteiger partial charge on any atom is -0.465 e. The number of likely N-dealkylation sites (tertiary alicyclic amines) is 1. The number of hydrogen-bond donors (Lipinski definition) is 3. The Bertz CT molecular complexity index is 690. The number of hydrogen-bond acceptors (Lipinski definition) is 5. The maximum atomic E-state index is 11.3. The summed E-state index contributed by atoms with van der Waals surface area (Å²) in [6, 6.07) is 4.57. The quantitative estimate of drug-likeness (QED) is 0.741. The first kappa shape index (κ1) is 17.5. The number of sulfonamides is 1. The molecule has 1 aliphatic rings. The molecule has 2 heterocycles. The number of amides is 1. The Balaban J connectivity index is 1.95. The van der Waals surface area contributed by atoms with E-state index in [1.165, 1.54) is 11.0 Å². The zero-order valence-electron chi connectivity index (χ0n) is 13.2. The fraction of sp³-hybridized carbons (Fsp3) is 0.571. The second kappa shape index (κ2) is 6.32. The van der Waals surface area contributed by atoms with Crippen LogP contribution in [0.2, 0.25) is 0 Å². The van der Waals surface area contributed by atoms with E-state index in [9.17, 15) is 18.3 Å². The number of anilines is 1. The van der Waals surface area contributed by atoms with Gasteiger partial charge in [0.1, 0.15) is 5.82 Å². The van der Waals surface area contributed by atoms with E-state index < -0.39 is 21.7 Å². The molecule has 0 spiro atoms. The third-order valence-electron chi connectivity index (χ3n) is 4.44. The van der Waals surface area contributed by atoms with E-state index in [2.05, 4.69) is 10.3 Å². The molecule has 1 aromatic heterocycles. The molecule has 0 saturated carbocycles. The SMILES string of the molecule is CC1(C)[C@@H](CCNc2cccc(S(N)(=O)=O)n2)CCN1C(=O)O. The van der Waals surface area contributed by atoms with Crippen LogP contribution in [0.1, 0.15) is 26.7 Å². The van der Waals surface area contributed by atoms with Gasteiger partial charge in [0, 0.05) is 18.6 Å². The maximum absolute atomic E-state index is 11.3. The number of carbonyl (C=O) groups is 1. The van der Waals surface area contributed by atoms with Gasteiger partial charge in [0.05, 0.1) is 0 Å². The summed E-state index contributed by atoms with van der Waals surface area (Å²) in [6.45, 7) is 4.96. The highest BCUT2D eigenvalue weighted by Crippen LogP contribution is 2.36. The molecule has 1 saturated heterocycles. The van der Waals surface area contributed by atoms with Gasteiger partial charge in [-0.3, -0.25) is 0 Å². The van der Waals surface area contributed by atoms with Crippen LogP contribution in [0, 0.1) is 5.92 Å². The van der Waals surface area contributed by atoms with E-state index in [0.717, 1.165) is 12.8 Å². The summed E-state index contributed by atoms with van der Waals surface area (Å²) in [5.74, 6) is 0.662. The van der Waals surface area contributed by atoms with Gasteiger partial charge >= 0.3 is 6.09 Å². The predicted molar refractivity (Wildman–Crippen MR) is 85.6 cm³/mol. The molecule has 1 fully saturated rings. The molecule has 128 valence electrons. The number of rotatable bonds is 5. The summed E-state index contributed by atoms with van der Waals surface area (Å²) in [6.07, 6.45) is 0.678. The van der Waals surface area contributed by atoms with E-state index in [4.69, 9.17) is 5.14 Å². The normalized spacial score (nSPS) is 20.5. The highest BCUT2D eigenvalue weighted by Gasteiger charge is 2.43. The molecule has 0 aliphatic carbocycles. The van der Waals surface area contributed by atoms with Crippen LogP contribution in [0.15, 0.2) is 23.2 Å². The number of pyridine rings is 1. The molecule has 1 aromatic rings. The molecular formula is C14H22N4O4S. The maximum Gasteiger partial charge on any atom is 0.407 e. The molecule has 1 atom stereocenters. The zero-order chi connectivity index (χ0) is 17.3. The van der Waals surface area contributed by atoms with Gasteiger partial charge in [-0.25, -0.2) is 23.3 Å². The Hall–Kier alpha value is -1.87. The van der Waals surface area contributed by atoms with Crippen molar-refractivity contribution in [3.8, 4) is 0 Å². The van der Waals surface area contributed by atoms with E-state index in [0.29, 0.717) is 18.9 Å². The van der Waals surface area contributed by atoms with Gasteiger partial charge < -0.3 is 15.3 Å². The van der Waals surface area contributed by atoms with E-state index in [1.54, 1.807) is 12.1 Å². The molecule has 8 nitrogen and oxygen atoms in total. The molecular weight excluding hydrogens is 320 g/mol. The molecule has 4 N–H and O–H groups in total. The zero-order valence-corrected chi connectivity index (χ0v) is 14.0. The monoisotopic (exact) mass is 342 g/mol. The van der Waals surface area contributed by atoms with Crippen molar-refractivity contribution in [2.24, 2.45) is 11.1 Å². The number of nitrogens with one attached hydrogen (secondary N) is 1. The van der Waals surface area contributed by atoms with Crippen molar-refractivity contribution in [1.82, 2.24) is 9.88 Å². The van der Waals surface area contributed by atoms with Crippen molar-refractivity contribution >= 4 is 21.9 Å². The van der Waals surface area contributed by atoms with Gasteiger partial charge in [-0.1, -0.05) is 6.07 Å². The third kappa shape index (κ3) is 3.91. The van der Waals surface area contributed by atoms with Gasteiger partial charge in [-0.2, -0.15) is 0 Å². The Kier molecular flexibility index (Phi) is 4.81. The summed E-state index contributed by atoms with van der Waals surface area (Å²) in [4.78, 5) is 16.6. The Morgan fingerprint density at radius 1 is 1.52 bits per heavy atom. The lowest BCUT2D eigenvalue weighted by molar-refractivity contribution is 0.102. The molecule has 0 unspecified atom stereocenters. The molecule has 0 bridgehead atoms. The first-order chi connectivity index (χ1) is 10.6. The molecule has 9 heteroatoms. The van der Waals surface area contributed by atoms with Gasteiger partial charge in [0.2, 0.25) is 0 Å². The van der Waals surface area contributed by atoms with Gasteiger partial charge in [0.25, 0.3) is 10.0 Å². The van der Waals surface area contributed by atoms with Gasteiger partial charge in [0.15, 0.2) is 5.03 Å². The molecule has 1 aliphatic heterocycles. The molecule has 0 aromatic carbocycles. The van der Waals surface area contributed by atoms with Crippen molar-refractivity contribution < 1.29 is 18.3 Å². The van der Waals surface area contributed by atoms with Crippen molar-refractivity contribution in [2.45, 2.75) is 37.3 Å². The summed E-state index contributed by atoms with van der Waals surface area (Å²) >= 11 is 0. The second-order valence-electron chi connectivity index (χ2n) is 6.20. The van der Waals surface area contributed by atoms with Gasteiger partial charge in [-0.15, -0.1) is 0 Å². The fourth-order valence-corrected chi connectivity index (χ4v) is 3.53. The van der Waals surface area contributed by atoms with Crippen LogP contribution in [0.5, 0.6) is 0 Å². The molecule has 0 radical (unpaired) electrons. The van der Waals surface area contributed by atoms with Crippen molar-refractivity contribution in [3.63, 3.8) is 0 Å². The standard InChI is InChI=1S/C14H22N4O4S/c1-14(2)10(7-9-18(14)13(19)20)6-8-16-11-4-3-5-12(17-11)23(15,21)22/h3-5,10H,6-9H2,1-2H3,(H,16,17)(H,19,20)(H2,15,21,22)/t10-/m0/s1. The minimum absolute atomic E-state index is 0.180. The number of aromatic nitrogens is 1. The number of primary sulfonamides is 1. The summed E-state index contributed by atoms with van der Waals surface area (Å²) < 4.78 is 22.6. The second-order valence-corrected chi connectivity index (χ2v) is 7.70. The minimum atomic E-state index is -3.82. The van der Waals surface area contributed by atoms with Crippen LogP contribution in [-0.2, 0) is 10.0 Å². The fourth-order valence-electron chi connectivity index (χ4n) is 3.03. The van der Waals surface area contributed by atoms with Crippen molar-refractivity contribution in [1.29, 1.82) is 0 Å². The van der Waals surface area contributed by atoms with Crippen LogP contribution in [-0.4, -0.2) is 48.1 Å². The third-order valence-corrected chi connectivity index (χ3v) is 5.25. The lowest BCUT2D eigenvalue weighted by atomic mass is 9.86. The van der Waals surface area contributed by atoms with E-state index in [-0.39, 0.29) is 10.9 Å². The average molecular weight is 342 g/mol. The average Bonchev–Trinajstić information content (AvgIpc) is 2.73. The number of carboxylic acid groups (broad SMARTS) is 1. The van der Waals surface area contributed by atoms with Crippen LogP contribution in [0.3, 0.4) is 0 Å². The Morgan fingerprint density at radius 2 is 2.22 bits per heavy atom. The van der Waals surface area contributed by atoms with Crippen molar-refractivity contribution in [2.75, 3.05) is 18.4 Å². The lowest BCUT2D eigenvalue weighted by Gasteiger charge is -2.34. The van der Waals surface area contributed by atoms with Gasteiger partial charge in [-0.05, 0) is 44.7 Å². The van der Waals surface area contributed by atoms with Crippen molar-refractivity contribution in [3.05, 3.63) is 18.2 Å². The van der Waals surface area contributed by atoms with E-state index >= 15 is 0 Å². The predicted octanol–water partition coefficient (Wildman–Crippen LogP) is 1.31. The summed E-state index contributed by atoms with van der Waals surface area (Å²) in [5, 5.41) is 17.2. The van der Waals surface area contributed by atoms with Crippen LogP contribution >= 0.6 is 0 Å². The Labute approximate surface area is 135 Å². The number of nitrogens with two attached hydrogens (primary N) is 1. The first-order valence-corrected chi connectivity index (χ1v) is 8.91. The first-order valence-electron chi connectivity index (χ1n) is 7.36. The van der Waals surface area contributed by atoms with Crippen LogP contribution in [0.4, 0.5) is 10.6 Å². The lowest BCUT2D eigenvalue weighted by Crippen LogP contribution is -2.45. The topological polar surface area (TPSA) is 126 Å². The Morgan fingerprint density at radius 3 is 2.78 bits per heavy atom. The largest absolute Gasteiger partial charge is 0.465 e. The highest BCUT2D eigenvalue weighted by atomic mass is 32.2. The molecule has 23 heavy (non-hydrogen) atoms. The summed E-state index contributed by atoms with van der Waals surface area (Å²) in [5.41, 5.74) is -0.413. The summed E-state index contributed by atoms with van der Waals surface area (Å²) in [7, 11) is -3.82. The highest BCUT2D eigenvalue weighted by molar-refractivity contribution is 7.89. The number of nitrogens with zero attached hydrogens (tertiary/aromatic N) is 2. The van der Waals surface area contributed by atoms with Crippen LogP contribution < -0.4 is 10.5 Å².